The van der Waals surface area contributed by atoms with E-state index in [9.17, 15) is 24.3 Å². The highest BCUT2D eigenvalue weighted by Crippen LogP contribution is 2.44. The zero-order chi connectivity index (χ0) is 27.3. The van der Waals surface area contributed by atoms with Crippen LogP contribution in [0, 0.1) is 0 Å². The van der Waals surface area contributed by atoms with Crippen molar-refractivity contribution in [1.29, 1.82) is 0 Å². The molecule has 0 radical (unpaired) electrons. The SMILES string of the molecule is COC(=O)[C@]1(Cc2ccc(OC(C)=O)c(CC=C(C)C)c2)OC(=O)C(OC(C)=O)=C1c1ccc(O)cc1. The highest BCUT2D eigenvalue weighted by molar-refractivity contribution is 6.12. The molecule has 0 spiro atoms. The first-order chi connectivity index (χ1) is 17.5. The van der Waals surface area contributed by atoms with E-state index in [0.29, 0.717) is 28.9 Å². The molecule has 2 aromatic carbocycles. The molecule has 0 fully saturated rings. The summed E-state index contributed by atoms with van der Waals surface area (Å²) < 4.78 is 21.2. The first-order valence-corrected chi connectivity index (χ1v) is 11.4. The van der Waals surface area contributed by atoms with Gasteiger partial charge < -0.3 is 24.1 Å². The van der Waals surface area contributed by atoms with E-state index in [1.165, 1.54) is 31.2 Å². The van der Waals surface area contributed by atoms with Crippen LogP contribution in [0.5, 0.6) is 11.5 Å². The summed E-state index contributed by atoms with van der Waals surface area (Å²) in [6, 6.07) is 10.7. The smallest absolute Gasteiger partial charge is 0.376 e. The van der Waals surface area contributed by atoms with Gasteiger partial charge in [-0.05, 0) is 55.2 Å². The summed E-state index contributed by atoms with van der Waals surface area (Å²) in [5.41, 5.74) is 0.601. The van der Waals surface area contributed by atoms with Crippen LogP contribution >= 0.6 is 0 Å². The highest BCUT2D eigenvalue weighted by Gasteiger charge is 2.56. The van der Waals surface area contributed by atoms with Gasteiger partial charge >= 0.3 is 23.9 Å². The number of ether oxygens (including phenoxy) is 4. The van der Waals surface area contributed by atoms with Crippen molar-refractivity contribution in [3.05, 3.63) is 76.6 Å². The van der Waals surface area contributed by atoms with Crippen molar-refractivity contribution >= 4 is 29.5 Å². The van der Waals surface area contributed by atoms with E-state index in [2.05, 4.69) is 0 Å². The number of rotatable bonds is 8. The molecular formula is C28H28O9. The lowest BCUT2D eigenvalue weighted by atomic mass is 9.82. The summed E-state index contributed by atoms with van der Waals surface area (Å²) in [5, 5.41) is 9.76. The fourth-order valence-electron chi connectivity index (χ4n) is 4.03. The van der Waals surface area contributed by atoms with Gasteiger partial charge in [0, 0.05) is 20.3 Å². The van der Waals surface area contributed by atoms with Crippen LogP contribution in [0.3, 0.4) is 0 Å². The molecule has 37 heavy (non-hydrogen) atoms. The number of esters is 4. The van der Waals surface area contributed by atoms with Crippen molar-refractivity contribution in [3.63, 3.8) is 0 Å². The number of methoxy groups -OCH3 is 1. The van der Waals surface area contributed by atoms with Crippen LogP contribution in [0.25, 0.3) is 5.57 Å². The van der Waals surface area contributed by atoms with Gasteiger partial charge in [-0.2, -0.15) is 0 Å². The maximum Gasteiger partial charge on any atom is 0.376 e. The second-order valence-corrected chi connectivity index (χ2v) is 8.75. The molecule has 3 rings (SSSR count). The quantitative estimate of drug-likeness (QED) is 0.245. The lowest BCUT2D eigenvalue weighted by molar-refractivity contribution is -0.169. The number of aromatic hydroxyl groups is 1. The van der Waals surface area contributed by atoms with Crippen LogP contribution in [0.2, 0.25) is 0 Å². The molecule has 2 aromatic rings. The van der Waals surface area contributed by atoms with E-state index < -0.39 is 35.2 Å². The van der Waals surface area contributed by atoms with Gasteiger partial charge in [-0.1, -0.05) is 35.9 Å². The summed E-state index contributed by atoms with van der Waals surface area (Å²) in [6.45, 7) is 6.29. The molecule has 0 aromatic heterocycles. The van der Waals surface area contributed by atoms with Gasteiger partial charge in [0.2, 0.25) is 11.4 Å². The van der Waals surface area contributed by atoms with Crippen molar-refractivity contribution < 1.29 is 43.2 Å². The number of carbonyl (C=O) groups excluding carboxylic acids is 4. The van der Waals surface area contributed by atoms with Crippen LogP contribution < -0.4 is 4.74 Å². The number of benzene rings is 2. The normalized spacial score (nSPS) is 16.6. The molecule has 0 saturated heterocycles. The van der Waals surface area contributed by atoms with Gasteiger partial charge in [-0.3, -0.25) is 9.59 Å². The van der Waals surface area contributed by atoms with Gasteiger partial charge in [0.25, 0.3) is 0 Å². The number of cyclic esters (lactones) is 1. The lowest BCUT2D eigenvalue weighted by Crippen LogP contribution is -2.44. The predicted octanol–water partition coefficient (Wildman–Crippen LogP) is 3.81. The maximum atomic E-state index is 13.3. The minimum atomic E-state index is -2.00. The van der Waals surface area contributed by atoms with Gasteiger partial charge in [0.15, 0.2) is 0 Å². The van der Waals surface area contributed by atoms with Crippen LogP contribution in [0.15, 0.2) is 59.9 Å². The monoisotopic (exact) mass is 508 g/mol. The zero-order valence-corrected chi connectivity index (χ0v) is 21.2. The summed E-state index contributed by atoms with van der Waals surface area (Å²) >= 11 is 0. The number of phenolic OH excluding ortho intramolecular Hbond substituents is 1. The summed E-state index contributed by atoms with van der Waals surface area (Å²) in [4.78, 5) is 49.6. The molecule has 1 aliphatic heterocycles. The zero-order valence-electron chi connectivity index (χ0n) is 21.2. The van der Waals surface area contributed by atoms with E-state index in [1.54, 1.807) is 18.2 Å². The van der Waals surface area contributed by atoms with E-state index in [4.69, 9.17) is 18.9 Å². The molecule has 0 saturated carbocycles. The van der Waals surface area contributed by atoms with Gasteiger partial charge in [0.05, 0.1) is 12.7 Å². The molecule has 9 heteroatoms. The van der Waals surface area contributed by atoms with Gasteiger partial charge in [0.1, 0.15) is 11.5 Å². The Bertz CT molecular complexity index is 1300. The number of phenols is 1. The Morgan fingerprint density at radius 3 is 2.19 bits per heavy atom. The summed E-state index contributed by atoms with van der Waals surface area (Å²) in [7, 11) is 1.15. The second kappa shape index (κ2) is 11.1. The molecule has 1 heterocycles. The third-order valence-corrected chi connectivity index (χ3v) is 5.56. The number of hydrogen-bond acceptors (Lipinski definition) is 9. The van der Waals surface area contributed by atoms with Gasteiger partial charge in [-0.25, -0.2) is 9.59 Å². The Kier molecular flexibility index (Phi) is 8.17. The molecule has 9 nitrogen and oxygen atoms in total. The summed E-state index contributed by atoms with van der Waals surface area (Å²) in [5.74, 6) is -3.28. The minimum absolute atomic E-state index is 0.00513. The molecule has 0 amide bonds. The van der Waals surface area contributed by atoms with Gasteiger partial charge in [-0.15, -0.1) is 0 Å². The lowest BCUT2D eigenvalue weighted by Gasteiger charge is -2.28. The third kappa shape index (κ3) is 6.06. The average Bonchev–Trinajstić information content (AvgIpc) is 3.09. The molecular weight excluding hydrogens is 480 g/mol. The number of hydrogen-bond donors (Lipinski definition) is 1. The molecule has 194 valence electrons. The minimum Gasteiger partial charge on any atom is -0.508 e. The maximum absolute atomic E-state index is 13.3. The van der Waals surface area contributed by atoms with Crippen molar-refractivity contribution in [2.24, 2.45) is 0 Å². The largest absolute Gasteiger partial charge is 0.508 e. The first-order valence-electron chi connectivity index (χ1n) is 11.4. The molecule has 1 atom stereocenters. The fourth-order valence-corrected chi connectivity index (χ4v) is 4.03. The Morgan fingerprint density at radius 2 is 1.62 bits per heavy atom. The van der Waals surface area contributed by atoms with Crippen molar-refractivity contribution in [3.8, 4) is 11.5 Å². The molecule has 1 aliphatic rings. The third-order valence-electron chi connectivity index (χ3n) is 5.56. The molecule has 0 unspecified atom stereocenters. The highest BCUT2D eigenvalue weighted by atomic mass is 16.6. The van der Waals surface area contributed by atoms with E-state index in [1.807, 2.05) is 19.9 Å². The predicted molar refractivity (Wildman–Crippen MR) is 132 cm³/mol. The first kappa shape index (κ1) is 27.2. The molecule has 0 aliphatic carbocycles. The summed E-state index contributed by atoms with van der Waals surface area (Å²) in [6.07, 6.45) is 2.23. The van der Waals surface area contributed by atoms with Crippen LogP contribution in [0.4, 0.5) is 0 Å². The van der Waals surface area contributed by atoms with Crippen molar-refractivity contribution in [1.82, 2.24) is 0 Å². The Hall–Kier alpha value is -4.40. The number of allylic oxidation sites excluding steroid dienone is 2. The van der Waals surface area contributed by atoms with Crippen LogP contribution in [-0.2, 0) is 46.2 Å². The molecule has 1 N–H and O–H groups in total. The second-order valence-electron chi connectivity index (χ2n) is 8.75. The number of carbonyl (C=O) groups is 4. The fraction of sp³-hybridized carbons (Fsp3) is 0.286. The Labute approximate surface area is 214 Å². The Morgan fingerprint density at radius 1 is 0.973 bits per heavy atom. The van der Waals surface area contributed by atoms with Crippen LogP contribution in [0.1, 0.15) is 44.4 Å². The van der Waals surface area contributed by atoms with Crippen molar-refractivity contribution in [2.75, 3.05) is 7.11 Å². The molecule has 0 bridgehead atoms. The van der Waals surface area contributed by atoms with Crippen molar-refractivity contribution in [2.45, 2.75) is 46.1 Å². The average molecular weight is 509 g/mol. The standard InChI is InChI=1S/C28H28O9/c1-16(2)6-8-21-14-19(7-13-23(21)35-17(3)29)15-28(27(33)34-5)24(20-9-11-22(31)12-10-20)25(26(32)37-28)36-18(4)30/h6-7,9-14,31H,8,15H2,1-5H3/t28-/m1/s1. The van der Waals surface area contributed by atoms with E-state index in [-0.39, 0.29) is 17.7 Å². The topological polar surface area (TPSA) is 125 Å². The Balaban J connectivity index is 2.20. The van der Waals surface area contributed by atoms with E-state index in [0.717, 1.165) is 19.6 Å². The van der Waals surface area contributed by atoms with Crippen LogP contribution in [-0.4, -0.2) is 41.7 Å². The van der Waals surface area contributed by atoms with E-state index >= 15 is 0 Å².